The average Bonchev–Trinajstić information content (AvgIpc) is 2.89. The molecule has 1 aromatic carbocycles. The van der Waals surface area contributed by atoms with Gasteiger partial charge in [0.05, 0.1) is 12.3 Å². The van der Waals surface area contributed by atoms with E-state index < -0.39 is 0 Å². The van der Waals surface area contributed by atoms with E-state index >= 15 is 0 Å². The first-order valence-corrected chi connectivity index (χ1v) is 6.07. The highest BCUT2D eigenvalue weighted by molar-refractivity contribution is 5.37. The highest BCUT2D eigenvalue weighted by Gasteiger charge is 2.18. The Hall–Kier alpha value is -1.94. The highest BCUT2D eigenvalue weighted by atomic mass is 16.5. The Morgan fingerprint density at radius 3 is 2.72 bits per heavy atom. The maximum atomic E-state index is 8.98. The molecule has 1 aromatic heterocycles. The summed E-state index contributed by atoms with van der Waals surface area (Å²) in [6, 6.07) is 7.37. The molecule has 0 spiro atoms. The van der Waals surface area contributed by atoms with E-state index in [2.05, 4.69) is 9.97 Å². The van der Waals surface area contributed by atoms with Crippen LogP contribution in [0.4, 0.5) is 0 Å². The Kier molecular flexibility index (Phi) is 2.94. The third-order valence-corrected chi connectivity index (χ3v) is 3.16. The van der Waals surface area contributed by atoms with Gasteiger partial charge in [0.2, 0.25) is 5.88 Å². The number of benzene rings is 1. The van der Waals surface area contributed by atoms with Gasteiger partial charge in [-0.1, -0.05) is 12.1 Å². The number of ether oxygens (including phenoxy) is 1. The Balaban J connectivity index is 1.86. The Bertz CT molecular complexity index is 552. The topological polar surface area (TPSA) is 55.2 Å². The largest absolute Gasteiger partial charge is 0.439 e. The van der Waals surface area contributed by atoms with Crippen molar-refractivity contribution in [1.82, 2.24) is 9.97 Å². The molecule has 92 valence electrons. The van der Waals surface area contributed by atoms with Gasteiger partial charge in [0, 0.05) is 5.56 Å². The van der Waals surface area contributed by atoms with Crippen LogP contribution in [0.25, 0.3) is 0 Å². The fourth-order valence-corrected chi connectivity index (χ4v) is 2.19. The van der Waals surface area contributed by atoms with Crippen LogP contribution in [0.15, 0.2) is 30.6 Å². The molecule has 18 heavy (non-hydrogen) atoms. The van der Waals surface area contributed by atoms with E-state index in [1.807, 2.05) is 24.3 Å². The molecule has 4 nitrogen and oxygen atoms in total. The molecule has 4 heteroatoms. The number of aryl methyl sites for hydroxylation is 1. The van der Waals surface area contributed by atoms with Gasteiger partial charge >= 0.3 is 0 Å². The van der Waals surface area contributed by atoms with Gasteiger partial charge in [-0.3, -0.25) is 0 Å². The number of nitrogens with zero attached hydrogens (tertiary/aromatic N) is 2. The van der Waals surface area contributed by atoms with Crippen LogP contribution in [-0.2, 0) is 19.4 Å². The molecule has 0 atom stereocenters. The molecule has 0 fully saturated rings. The third-order valence-electron chi connectivity index (χ3n) is 3.16. The predicted molar refractivity (Wildman–Crippen MR) is 66.5 cm³/mol. The lowest BCUT2D eigenvalue weighted by molar-refractivity contribution is 0.281. The van der Waals surface area contributed by atoms with Crippen molar-refractivity contribution in [3.63, 3.8) is 0 Å². The minimum absolute atomic E-state index is 0.0448. The van der Waals surface area contributed by atoms with Crippen LogP contribution in [0.1, 0.15) is 23.2 Å². The molecule has 0 saturated heterocycles. The number of fused-ring (bicyclic) bond motifs is 1. The van der Waals surface area contributed by atoms with Gasteiger partial charge in [-0.15, -0.1) is 0 Å². The molecule has 2 aromatic rings. The fraction of sp³-hybridized carbons (Fsp3) is 0.286. The molecular formula is C14H14N2O2. The van der Waals surface area contributed by atoms with Crippen molar-refractivity contribution in [2.75, 3.05) is 0 Å². The van der Waals surface area contributed by atoms with E-state index in [-0.39, 0.29) is 6.61 Å². The molecule has 3 rings (SSSR count). The number of aliphatic hydroxyl groups excluding tert-OH is 1. The lowest BCUT2D eigenvalue weighted by atomic mass is 10.2. The summed E-state index contributed by atoms with van der Waals surface area (Å²) in [5, 5.41) is 8.98. The summed E-state index contributed by atoms with van der Waals surface area (Å²) in [7, 11) is 0. The van der Waals surface area contributed by atoms with Crippen LogP contribution in [0.2, 0.25) is 0 Å². The summed E-state index contributed by atoms with van der Waals surface area (Å²) in [4.78, 5) is 8.47. The average molecular weight is 242 g/mol. The monoisotopic (exact) mass is 242 g/mol. The second kappa shape index (κ2) is 4.74. The normalized spacial score (nSPS) is 13.4. The maximum Gasteiger partial charge on any atom is 0.225 e. The Morgan fingerprint density at radius 1 is 1.11 bits per heavy atom. The molecule has 0 aliphatic heterocycles. The highest BCUT2D eigenvalue weighted by Crippen LogP contribution is 2.30. The lowest BCUT2D eigenvalue weighted by Crippen LogP contribution is -1.96. The van der Waals surface area contributed by atoms with Gasteiger partial charge < -0.3 is 9.84 Å². The molecule has 1 aliphatic carbocycles. The molecule has 1 N–H and O–H groups in total. The van der Waals surface area contributed by atoms with E-state index in [0.29, 0.717) is 5.88 Å². The summed E-state index contributed by atoms with van der Waals surface area (Å²) in [6.45, 7) is 0.0448. The molecular weight excluding hydrogens is 228 g/mol. The molecule has 0 amide bonds. The van der Waals surface area contributed by atoms with Gasteiger partial charge in [-0.25, -0.2) is 9.97 Å². The zero-order valence-corrected chi connectivity index (χ0v) is 9.97. The van der Waals surface area contributed by atoms with Crippen molar-refractivity contribution in [3.8, 4) is 11.6 Å². The van der Waals surface area contributed by atoms with E-state index in [1.165, 1.54) is 0 Å². The van der Waals surface area contributed by atoms with Gasteiger partial charge in [0.1, 0.15) is 12.1 Å². The maximum absolute atomic E-state index is 8.98. The molecule has 0 unspecified atom stereocenters. The van der Waals surface area contributed by atoms with Crippen molar-refractivity contribution in [1.29, 1.82) is 0 Å². The number of aromatic nitrogens is 2. The summed E-state index contributed by atoms with van der Waals surface area (Å²) < 4.78 is 5.79. The smallest absolute Gasteiger partial charge is 0.225 e. The standard InChI is InChI=1S/C14H14N2O2/c17-8-10-4-6-11(7-5-10)18-14-12-2-1-3-13(12)15-9-16-14/h4-7,9,17H,1-3,8H2. The molecule has 1 heterocycles. The number of hydrogen-bond acceptors (Lipinski definition) is 4. The van der Waals surface area contributed by atoms with Crippen molar-refractivity contribution in [3.05, 3.63) is 47.4 Å². The van der Waals surface area contributed by atoms with E-state index in [0.717, 1.165) is 41.8 Å². The van der Waals surface area contributed by atoms with Crippen molar-refractivity contribution >= 4 is 0 Å². The van der Waals surface area contributed by atoms with Crippen LogP contribution in [0.3, 0.4) is 0 Å². The lowest BCUT2D eigenvalue weighted by Gasteiger charge is -2.08. The van der Waals surface area contributed by atoms with Crippen LogP contribution < -0.4 is 4.74 Å². The molecule has 0 bridgehead atoms. The zero-order chi connectivity index (χ0) is 12.4. The predicted octanol–water partition coefficient (Wildman–Crippen LogP) is 2.25. The van der Waals surface area contributed by atoms with Crippen molar-refractivity contribution in [2.45, 2.75) is 25.9 Å². The second-order valence-corrected chi connectivity index (χ2v) is 4.36. The van der Waals surface area contributed by atoms with Crippen LogP contribution >= 0.6 is 0 Å². The third kappa shape index (κ3) is 2.07. The van der Waals surface area contributed by atoms with Gasteiger partial charge in [-0.2, -0.15) is 0 Å². The summed E-state index contributed by atoms with van der Waals surface area (Å²) >= 11 is 0. The minimum Gasteiger partial charge on any atom is -0.439 e. The molecule has 1 aliphatic rings. The van der Waals surface area contributed by atoms with E-state index in [4.69, 9.17) is 9.84 Å². The number of aliphatic hydroxyl groups is 1. The second-order valence-electron chi connectivity index (χ2n) is 4.36. The summed E-state index contributed by atoms with van der Waals surface area (Å²) in [6.07, 6.45) is 4.67. The van der Waals surface area contributed by atoms with Gasteiger partial charge in [-0.05, 0) is 37.0 Å². The van der Waals surface area contributed by atoms with E-state index in [9.17, 15) is 0 Å². The van der Waals surface area contributed by atoms with E-state index in [1.54, 1.807) is 6.33 Å². The summed E-state index contributed by atoms with van der Waals surface area (Å²) in [5.74, 6) is 1.40. The minimum atomic E-state index is 0.0448. The fourth-order valence-electron chi connectivity index (χ4n) is 2.19. The Morgan fingerprint density at radius 2 is 1.94 bits per heavy atom. The summed E-state index contributed by atoms with van der Waals surface area (Å²) in [5.41, 5.74) is 3.10. The van der Waals surface area contributed by atoms with Crippen LogP contribution in [0, 0.1) is 0 Å². The first kappa shape index (κ1) is 11.2. The van der Waals surface area contributed by atoms with Gasteiger partial charge in [0.15, 0.2) is 0 Å². The van der Waals surface area contributed by atoms with Crippen LogP contribution in [-0.4, -0.2) is 15.1 Å². The van der Waals surface area contributed by atoms with Crippen molar-refractivity contribution in [2.24, 2.45) is 0 Å². The molecule has 0 radical (unpaired) electrons. The van der Waals surface area contributed by atoms with Crippen LogP contribution in [0.5, 0.6) is 11.6 Å². The van der Waals surface area contributed by atoms with Crippen molar-refractivity contribution < 1.29 is 9.84 Å². The molecule has 0 saturated carbocycles. The first-order chi connectivity index (χ1) is 8.86. The Labute approximate surface area is 105 Å². The first-order valence-electron chi connectivity index (χ1n) is 6.07. The number of rotatable bonds is 3. The number of hydrogen-bond donors (Lipinski definition) is 1. The SMILES string of the molecule is OCc1ccc(Oc2ncnc3c2CCC3)cc1. The quantitative estimate of drug-likeness (QED) is 0.896. The van der Waals surface area contributed by atoms with Gasteiger partial charge in [0.25, 0.3) is 0 Å². The zero-order valence-electron chi connectivity index (χ0n) is 9.97.